The number of aromatic nitrogens is 3. The molecule has 0 radical (unpaired) electrons. The van der Waals surface area contributed by atoms with Gasteiger partial charge in [-0.25, -0.2) is 9.97 Å². The van der Waals surface area contributed by atoms with Crippen molar-refractivity contribution in [3.8, 4) is 22.8 Å². The van der Waals surface area contributed by atoms with E-state index in [2.05, 4.69) is 39.3 Å². The van der Waals surface area contributed by atoms with Crippen molar-refractivity contribution in [1.29, 1.82) is 0 Å². The predicted molar refractivity (Wildman–Crippen MR) is 127 cm³/mol. The van der Waals surface area contributed by atoms with E-state index in [0.29, 0.717) is 29.9 Å². The second-order valence-electron chi connectivity index (χ2n) is 8.44. The van der Waals surface area contributed by atoms with Gasteiger partial charge in [-0.2, -0.15) is 0 Å². The number of rotatable bonds is 10. The molecule has 2 N–H and O–H groups in total. The Hall–Kier alpha value is -3.17. The van der Waals surface area contributed by atoms with Crippen LogP contribution in [0.3, 0.4) is 0 Å². The third-order valence-corrected chi connectivity index (χ3v) is 5.32. The van der Waals surface area contributed by atoms with Crippen LogP contribution in [0.1, 0.15) is 25.7 Å². The average molecular weight is 454 g/mol. The number of amides is 1. The van der Waals surface area contributed by atoms with Gasteiger partial charge in [-0.1, -0.05) is 0 Å². The fourth-order valence-electron chi connectivity index (χ4n) is 3.28. The molecule has 0 unspecified atom stereocenters. The largest absolute Gasteiger partial charge is 0.490 e. The quantitative estimate of drug-likeness (QED) is 0.453. The van der Waals surface area contributed by atoms with Crippen LogP contribution < -0.4 is 14.8 Å². The minimum Gasteiger partial charge on any atom is -0.490 e. The van der Waals surface area contributed by atoms with Gasteiger partial charge >= 0.3 is 0 Å². The Morgan fingerprint density at radius 2 is 1.97 bits per heavy atom. The summed E-state index contributed by atoms with van der Waals surface area (Å²) in [5, 5.41) is 3.44. The zero-order valence-electron chi connectivity index (χ0n) is 19.3. The number of ether oxygens (including phenoxy) is 3. The molecule has 9 nitrogen and oxygen atoms in total. The molecule has 0 atom stereocenters. The number of anilines is 1. The van der Waals surface area contributed by atoms with E-state index in [-0.39, 0.29) is 6.10 Å². The molecule has 0 bridgehead atoms. The first-order valence-electron chi connectivity index (χ1n) is 11.2. The Balaban J connectivity index is 0.000000243. The van der Waals surface area contributed by atoms with Crippen LogP contribution in [0.25, 0.3) is 22.2 Å². The van der Waals surface area contributed by atoms with Crippen molar-refractivity contribution in [2.45, 2.75) is 37.9 Å². The number of likely N-dealkylation sites (N-methyl/N-ethyl adjacent to an activating group) is 1. The Bertz CT molecular complexity index is 1070. The van der Waals surface area contributed by atoms with Gasteiger partial charge < -0.3 is 29.4 Å². The van der Waals surface area contributed by atoms with Gasteiger partial charge in [-0.05, 0) is 58.0 Å². The average Bonchev–Trinajstić information content (AvgIpc) is 3.74. The van der Waals surface area contributed by atoms with Crippen molar-refractivity contribution in [3.05, 3.63) is 30.6 Å². The maximum absolute atomic E-state index is 10.6. The molecule has 176 valence electrons. The number of methoxy groups -OCH3 is 1. The molecule has 2 saturated carbocycles. The number of fused-ring (bicyclic) bond motifs is 1. The van der Waals surface area contributed by atoms with Crippen molar-refractivity contribution in [3.63, 3.8) is 0 Å². The number of pyridine rings is 2. The van der Waals surface area contributed by atoms with Gasteiger partial charge in [0, 0.05) is 29.9 Å². The molecule has 33 heavy (non-hydrogen) atoms. The summed E-state index contributed by atoms with van der Waals surface area (Å²) >= 11 is 0. The fourth-order valence-corrected chi connectivity index (χ4v) is 3.28. The van der Waals surface area contributed by atoms with Gasteiger partial charge in [0.15, 0.2) is 0 Å². The van der Waals surface area contributed by atoms with E-state index in [1.807, 2.05) is 18.3 Å². The lowest BCUT2D eigenvalue weighted by atomic mass is 10.1. The third-order valence-electron chi connectivity index (χ3n) is 5.32. The zero-order chi connectivity index (χ0) is 23.2. The molecule has 2 aliphatic rings. The van der Waals surface area contributed by atoms with Gasteiger partial charge in [0.25, 0.3) is 0 Å². The lowest BCUT2D eigenvalue weighted by molar-refractivity contribution is -0.105. The molecule has 0 aliphatic heterocycles. The molecule has 0 saturated heterocycles. The van der Waals surface area contributed by atoms with Crippen LogP contribution in [0.15, 0.2) is 30.6 Å². The van der Waals surface area contributed by atoms with Gasteiger partial charge in [0.2, 0.25) is 12.3 Å². The number of carbonyl (C=O) groups excluding carboxylic acids is 1. The van der Waals surface area contributed by atoms with Gasteiger partial charge in [-0.3, -0.25) is 4.79 Å². The van der Waals surface area contributed by atoms with E-state index in [0.717, 1.165) is 48.3 Å². The lowest BCUT2D eigenvalue weighted by Crippen LogP contribution is -2.18. The molecule has 2 fully saturated rings. The van der Waals surface area contributed by atoms with Crippen LogP contribution in [0.5, 0.6) is 11.6 Å². The van der Waals surface area contributed by atoms with E-state index in [4.69, 9.17) is 14.2 Å². The first-order chi connectivity index (χ1) is 16.1. The van der Waals surface area contributed by atoms with Crippen molar-refractivity contribution in [2.24, 2.45) is 0 Å². The number of aromatic amines is 1. The summed E-state index contributed by atoms with van der Waals surface area (Å²) in [5.74, 6) is 1.74. The summed E-state index contributed by atoms with van der Waals surface area (Å²) < 4.78 is 16.9. The van der Waals surface area contributed by atoms with E-state index in [1.165, 1.54) is 12.8 Å². The fraction of sp³-hybridized carbons (Fsp3) is 0.458. The molecular weight excluding hydrogens is 422 g/mol. The summed E-state index contributed by atoms with van der Waals surface area (Å²) in [7, 11) is 5.72. The highest BCUT2D eigenvalue weighted by Gasteiger charge is 2.27. The third kappa shape index (κ3) is 6.21. The molecular formula is C24H31N5O4. The number of hydrogen-bond acceptors (Lipinski definition) is 7. The SMILES string of the molecule is CN(C)CCOC1CC1.COc1nccc(OC2CC2)c1-c1c[nH]c2nc(NC=O)ccc12. The highest BCUT2D eigenvalue weighted by atomic mass is 16.5. The molecule has 1 amide bonds. The lowest BCUT2D eigenvalue weighted by Gasteiger charge is -2.13. The molecule has 0 aromatic carbocycles. The first kappa shape index (κ1) is 23.0. The minimum absolute atomic E-state index is 0.266. The maximum atomic E-state index is 10.6. The molecule has 3 aromatic rings. The highest BCUT2D eigenvalue weighted by Crippen LogP contribution is 2.42. The zero-order valence-corrected chi connectivity index (χ0v) is 19.3. The summed E-state index contributed by atoms with van der Waals surface area (Å²) in [5.41, 5.74) is 2.37. The predicted octanol–water partition coefficient (Wildman–Crippen LogP) is 3.47. The van der Waals surface area contributed by atoms with Crippen LogP contribution in [-0.2, 0) is 9.53 Å². The second-order valence-corrected chi connectivity index (χ2v) is 8.44. The van der Waals surface area contributed by atoms with Gasteiger partial charge in [-0.15, -0.1) is 0 Å². The molecule has 0 spiro atoms. The number of H-pyrrole nitrogens is 1. The Morgan fingerprint density at radius 1 is 1.18 bits per heavy atom. The molecule has 2 aliphatic carbocycles. The van der Waals surface area contributed by atoms with E-state index in [1.54, 1.807) is 19.4 Å². The monoisotopic (exact) mass is 453 g/mol. The van der Waals surface area contributed by atoms with Crippen molar-refractivity contribution in [1.82, 2.24) is 19.9 Å². The van der Waals surface area contributed by atoms with Gasteiger partial charge in [0.05, 0.1) is 31.5 Å². The van der Waals surface area contributed by atoms with Crippen LogP contribution in [0, 0.1) is 0 Å². The summed E-state index contributed by atoms with van der Waals surface area (Å²) in [6.07, 6.45) is 9.72. The number of hydrogen-bond donors (Lipinski definition) is 2. The van der Waals surface area contributed by atoms with Crippen molar-refractivity contribution < 1.29 is 19.0 Å². The first-order valence-corrected chi connectivity index (χ1v) is 11.2. The molecule has 9 heteroatoms. The second kappa shape index (κ2) is 10.6. The Morgan fingerprint density at radius 3 is 2.64 bits per heavy atom. The van der Waals surface area contributed by atoms with E-state index in [9.17, 15) is 4.79 Å². The standard InChI is InChI=1S/C17H16N4O3.C7H15NO/c1-23-17-15(13(6-7-18-17)24-10-2-3-10)12-8-19-16-11(12)4-5-14(21-16)20-9-22;1-8(2)5-6-9-7-3-4-7/h4-10H,2-3H2,1H3,(H2,19,20,21,22);7H,3-6H2,1-2H3. The highest BCUT2D eigenvalue weighted by molar-refractivity contribution is 5.97. The van der Waals surface area contributed by atoms with Crippen LogP contribution in [0.2, 0.25) is 0 Å². The Labute approximate surface area is 193 Å². The maximum Gasteiger partial charge on any atom is 0.224 e. The number of carbonyl (C=O) groups is 1. The van der Waals surface area contributed by atoms with Crippen molar-refractivity contribution >= 4 is 23.3 Å². The summed E-state index contributed by atoms with van der Waals surface area (Å²) in [4.78, 5) is 24.5. The van der Waals surface area contributed by atoms with E-state index < -0.39 is 0 Å². The number of nitrogens with zero attached hydrogens (tertiary/aromatic N) is 3. The van der Waals surface area contributed by atoms with Crippen LogP contribution in [-0.4, -0.2) is 72.8 Å². The number of nitrogens with one attached hydrogen (secondary N) is 2. The van der Waals surface area contributed by atoms with Crippen LogP contribution in [0.4, 0.5) is 5.82 Å². The van der Waals surface area contributed by atoms with Gasteiger partial charge in [0.1, 0.15) is 17.2 Å². The molecule has 3 heterocycles. The molecule has 3 aromatic heterocycles. The Kier molecular flexibility index (Phi) is 7.41. The molecule has 5 rings (SSSR count). The van der Waals surface area contributed by atoms with Crippen molar-refractivity contribution in [2.75, 3.05) is 39.7 Å². The summed E-state index contributed by atoms with van der Waals surface area (Å²) in [6.45, 7) is 1.95. The normalized spacial score (nSPS) is 15.2. The van der Waals surface area contributed by atoms with E-state index >= 15 is 0 Å². The smallest absolute Gasteiger partial charge is 0.224 e. The topological polar surface area (TPSA) is 102 Å². The summed E-state index contributed by atoms with van der Waals surface area (Å²) in [6, 6.07) is 5.50. The minimum atomic E-state index is 0.266. The van der Waals surface area contributed by atoms with Crippen LogP contribution >= 0.6 is 0 Å².